The average molecular weight is 762 g/mol. The number of anilines is 1. The largest absolute Gasteiger partial charge is 0.493 e. The first-order valence-electron chi connectivity index (χ1n) is 15.2. The molecular formula is C33H36Cl2F2N2O10S. The number of benzene rings is 2. The molecule has 0 N–H and O–H groups in total. The van der Waals surface area contributed by atoms with E-state index in [0.29, 0.717) is 9.87 Å². The molecule has 3 aromatic rings. The summed E-state index contributed by atoms with van der Waals surface area (Å²) in [6.07, 6.45) is 1.71. The number of carbonyl (C=O) groups excluding carboxylic acids is 2. The maximum Gasteiger partial charge on any atom is 0.428 e. The van der Waals surface area contributed by atoms with Gasteiger partial charge in [-0.1, -0.05) is 29.3 Å². The molecule has 0 radical (unpaired) electrons. The molecule has 0 aliphatic heterocycles. The van der Waals surface area contributed by atoms with Gasteiger partial charge in [0.15, 0.2) is 28.8 Å². The second-order valence-electron chi connectivity index (χ2n) is 12.1. The molecule has 1 saturated carbocycles. The van der Waals surface area contributed by atoms with E-state index in [1.807, 2.05) is 0 Å². The molecule has 17 heteroatoms. The van der Waals surface area contributed by atoms with Crippen molar-refractivity contribution in [2.75, 3.05) is 30.9 Å². The molecule has 2 aromatic carbocycles. The molecule has 1 aromatic heterocycles. The van der Waals surface area contributed by atoms with Crippen molar-refractivity contribution in [1.29, 1.82) is 0 Å². The summed E-state index contributed by atoms with van der Waals surface area (Å²) in [4.78, 5) is 30.8. The Labute approximate surface area is 298 Å². The third kappa shape index (κ3) is 10.5. The zero-order valence-electron chi connectivity index (χ0n) is 27.8. The maximum absolute atomic E-state index is 13.9. The Hall–Kier alpha value is -4.08. The van der Waals surface area contributed by atoms with Gasteiger partial charge in [-0.25, -0.2) is 13.2 Å². The first-order valence-corrected chi connectivity index (χ1v) is 17.5. The van der Waals surface area contributed by atoms with Crippen molar-refractivity contribution in [3.63, 3.8) is 0 Å². The van der Waals surface area contributed by atoms with E-state index in [1.165, 1.54) is 63.0 Å². The number of ether oxygens (including phenoxy) is 6. The molecule has 1 amide bonds. The van der Waals surface area contributed by atoms with Crippen LogP contribution in [0.15, 0.2) is 48.8 Å². The molecule has 0 bridgehead atoms. The third-order valence-electron chi connectivity index (χ3n) is 7.08. The van der Waals surface area contributed by atoms with Crippen LogP contribution in [0.3, 0.4) is 0 Å². The summed E-state index contributed by atoms with van der Waals surface area (Å²) in [6, 6.07) is 7.81. The van der Waals surface area contributed by atoms with Gasteiger partial charge in [-0.05, 0) is 74.9 Å². The molecule has 1 atom stereocenters. The minimum absolute atomic E-state index is 0.0418. The van der Waals surface area contributed by atoms with Crippen LogP contribution in [0.5, 0.6) is 23.0 Å². The highest BCUT2D eigenvalue weighted by atomic mass is 35.5. The van der Waals surface area contributed by atoms with Crippen molar-refractivity contribution in [1.82, 2.24) is 4.98 Å². The summed E-state index contributed by atoms with van der Waals surface area (Å²) >= 11 is 12.7. The number of nitrogens with zero attached hydrogens (tertiary/aromatic N) is 2. The predicted octanol–water partition coefficient (Wildman–Crippen LogP) is 7.39. The fourth-order valence-corrected chi connectivity index (χ4v) is 6.32. The van der Waals surface area contributed by atoms with Crippen LogP contribution < -0.4 is 23.3 Å². The number of alkyl halides is 2. The molecule has 1 aliphatic rings. The first-order chi connectivity index (χ1) is 23.5. The Balaban J connectivity index is 1.70. The molecule has 1 fully saturated rings. The van der Waals surface area contributed by atoms with Crippen molar-refractivity contribution >= 4 is 51.0 Å². The van der Waals surface area contributed by atoms with Crippen LogP contribution in [0.25, 0.3) is 0 Å². The predicted molar refractivity (Wildman–Crippen MR) is 180 cm³/mol. The van der Waals surface area contributed by atoms with Gasteiger partial charge in [-0.3, -0.25) is 9.78 Å². The number of sulfonamides is 1. The van der Waals surface area contributed by atoms with Gasteiger partial charge >= 0.3 is 18.7 Å². The van der Waals surface area contributed by atoms with E-state index in [0.717, 1.165) is 12.8 Å². The van der Waals surface area contributed by atoms with Crippen molar-refractivity contribution in [3.8, 4) is 23.0 Å². The third-order valence-corrected chi connectivity index (χ3v) is 9.25. The zero-order valence-corrected chi connectivity index (χ0v) is 30.1. The molecule has 0 saturated heterocycles. The van der Waals surface area contributed by atoms with Crippen molar-refractivity contribution < 1.29 is 55.2 Å². The molecule has 1 aliphatic carbocycles. The van der Waals surface area contributed by atoms with Crippen molar-refractivity contribution in [3.05, 3.63) is 70.0 Å². The highest BCUT2D eigenvalue weighted by Gasteiger charge is 2.37. The lowest BCUT2D eigenvalue weighted by atomic mass is 10.0. The van der Waals surface area contributed by atoms with Gasteiger partial charge in [0.1, 0.15) is 11.7 Å². The second-order valence-corrected chi connectivity index (χ2v) is 14.8. The zero-order chi connectivity index (χ0) is 36.8. The van der Waals surface area contributed by atoms with E-state index in [4.69, 9.17) is 46.9 Å². The summed E-state index contributed by atoms with van der Waals surface area (Å²) in [5.41, 5.74) is -0.798. The van der Waals surface area contributed by atoms with Crippen LogP contribution in [-0.2, 0) is 30.7 Å². The molecule has 272 valence electrons. The topological polar surface area (TPSA) is 140 Å². The van der Waals surface area contributed by atoms with Crippen LogP contribution in [0, 0.1) is 5.92 Å². The molecular weight excluding hydrogens is 725 g/mol. The minimum atomic E-state index is -4.85. The monoisotopic (exact) mass is 760 g/mol. The van der Waals surface area contributed by atoms with Gasteiger partial charge in [0, 0.05) is 24.9 Å². The summed E-state index contributed by atoms with van der Waals surface area (Å²) in [5.74, 6) is -2.30. The van der Waals surface area contributed by atoms with Crippen LogP contribution in [0.4, 0.5) is 19.3 Å². The van der Waals surface area contributed by atoms with Gasteiger partial charge in [0.25, 0.3) is 10.0 Å². The number of aromatic nitrogens is 1. The number of halogens is 4. The number of hydrogen-bond acceptors (Lipinski definition) is 11. The standard InChI is InChI=1S/C33H36Cl2F2N2O10S/c1-33(2,3)49-32(41)39(21-9-11-25(44-4)28(13-21)45-5)50(42,43)18-30(40)47-27(14-22-23(34)15-38-16-24(22)35)20-8-10-26(48-31(36)37)29(12-20)46-17-19-6-7-19/h8-13,15-16,19,27,31H,6-7,14,17-18H2,1-5H3. The van der Waals surface area contributed by atoms with Crippen LogP contribution in [0.1, 0.15) is 50.8 Å². The lowest BCUT2D eigenvalue weighted by Crippen LogP contribution is -2.43. The molecule has 1 heterocycles. The Morgan fingerprint density at radius 1 is 0.960 bits per heavy atom. The first kappa shape index (κ1) is 38.7. The summed E-state index contributed by atoms with van der Waals surface area (Å²) in [5, 5.41) is 0.247. The van der Waals surface area contributed by atoms with Crippen LogP contribution in [-0.4, -0.2) is 64.3 Å². The minimum Gasteiger partial charge on any atom is -0.493 e. The van der Waals surface area contributed by atoms with E-state index in [-0.39, 0.29) is 63.2 Å². The maximum atomic E-state index is 13.9. The van der Waals surface area contributed by atoms with Gasteiger partial charge in [0.05, 0.1) is 36.6 Å². The van der Waals surface area contributed by atoms with Crippen LogP contribution in [0.2, 0.25) is 10.0 Å². The van der Waals surface area contributed by atoms with Gasteiger partial charge < -0.3 is 28.4 Å². The average Bonchev–Trinajstić information content (AvgIpc) is 3.85. The SMILES string of the molecule is COc1ccc(N(C(=O)OC(C)(C)C)S(=O)(=O)CC(=O)OC(Cc2c(Cl)cncc2Cl)c2ccc(OC(F)F)c(OCC3CC3)c2)cc1OC. The molecule has 0 spiro atoms. The van der Waals surface area contributed by atoms with Crippen LogP contribution >= 0.6 is 23.2 Å². The number of carbonyl (C=O) groups is 2. The Bertz CT molecular complexity index is 1780. The van der Waals surface area contributed by atoms with Gasteiger partial charge in [0.2, 0.25) is 0 Å². The fourth-order valence-electron chi connectivity index (χ4n) is 4.61. The number of hydrogen-bond donors (Lipinski definition) is 0. The molecule has 1 unspecified atom stereocenters. The molecule has 12 nitrogen and oxygen atoms in total. The normalized spacial score (nSPS) is 13.7. The van der Waals surface area contributed by atoms with E-state index in [1.54, 1.807) is 20.8 Å². The molecule has 4 rings (SSSR count). The Kier molecular flexibility index (Phi) is 12.6. The van der Waals surface area contributed by atoms with Gasteiger partial charge in [-0.2, -0.15) is 13.1 Å². The second kappa shape index (κ2) is 16.3. The number of amides is 1. The fraction of sp³-hybridized carbons (Fsp3) is 0.424. The van der Waals surface area contributed by atoms with E-state index >= 15 is 0 Å². The van der Waals surface area contributed by atoms with Crippen molar-refractivity contribution in [2.45, 2.75) is 58.4 Å². The summed E-state index contributed by atoms with van der Waals surface area (Å²) in [6.45, 7) is 1.72. The number of pyridine rings is 1. The number of rotatable bonds is 15. The quantitative estimate of drug-likeness (QED) is 0.143. The Morgan fingerprint density at radius 3 is 2.18 bits per heavy atom. The number of esters is 1. The van der Waals surface area contributed by atoms with Crippen molar-refractivity contribution in [2.24, 2.45) is 5.92 Å². The summed E-state index contributed by atoms with van der Waals surface area (Å²) in [7, 11) is -2.15. The highest BCUT2D eigenvalue weighted by Crippen LogP contribution is 2.38. The number of methoxy groups -OCH3 is 2. The molecule has 50 heavy (non-hydrogen) atoms. The van der Waals surface area contributed by atoms with Gasteiger partial charge in [-0.15, -0.1) is 0 Å². The smallest absolute Gasteiger partial charge is 0.428 e. The Morgan fingerprint density at radius 2 is 1.60 bits per heavy atom. The lowest BCUT2D eigenvalue weighted by molar-refractivity contribution is -0.146. The lowest BCUT2D eigenvalue weighted by Gasteiger charge is -2.27. The van der Waals surface area contributed by atoms with E-state index < -0.39 is 46.2 Å². The highest BCUT2D eigenvalue weighted by molar-refractivity contribution is 7.94. The van der Waals surface area contributed by atoms with E-state index in [2.05, 4.69) is 9.72 Å². The summed E-state index contributed by atoms with van der Waals surface area (Å²) < 4.78 is 86.5. The van der Waals surface area contributed by atoms with E-state index in [9.17, 15) is 26.8 Å².